The largest absolute Gasteiger partial charge is 0.444 e. The fourth-order valence-electron chi connectivity index (χ4n) is 4.46. The number of carbonyl (C=O) groups is 4. The highest BCUT2D eigenvalue weighted by atomic mass is 32.2. The van der Waals surface area contributed by atoms with Gasteiger partial charge in [0.2, 0.25) is 17.7 Å². The number of thioether (sulfide) groups is 1. The lowest BCUT2D eigenvalue weighted by atomic mass is 9.93. The minimum atomic E-state index is -0.682. The average molecular weight is 563 g/mol. The van der Waals surface area contributed by atoms with Crippen molar-refractivity contribution in [3.63, 3.8) is 0 Å². The summed E-state index contributed by atoms with van der Waals surface area (Å²) < 4.78 is 5.35. The van der Waals surface area contributed by atoms with E-state index in [-0.39, 0.29) is 35.6 Å². The summed E-state index contributed by atoms with van der Waals surface area (Å²) in [6, 6.07) is 8.17. The standard InChI is InChI=1S/C29H46N4O5S/c1-19(2)24(26(35)30-20(3)21-11-9-8-10-12-21)32-25(34)22-13-16-33(17-14-22)27(36)23(15-18-39-7)31-28(37)38-29(4,5)6/h8-12,19-20,22-24H,13-18H2,1-7H3,(H,30,35)(H,31,37)(H,32,34)/t20?,23-,24+/m0/s1. The number of benzene rings is 1. The topological polar surface area (TPSA) is 117 Å². The van der Waals surface area contributed by atoms with Gasteiger partial charge in [-0.3, -0.25) is 14.4 Å². The number of hydrogen-bond donors (Lipinski definition) is 3. The summed E-state index contributed by atoms with van der Waals surface area (Å²) in [6.45, 7) is 11.9. The number of amides is 4. The highest BCUT2D eigenvalue weighted by molar-refractivity contribution is 7.98. The molecule has 1 aliphatic heterocycles. The fourth-order valence-corrected chi connectivity index (χ4v) is 4.93. The molecule has 1 aromatic rings. The van der Waals surface area contributed by atoms with Crippen molar-refractivity contribution < 1.29 is 23.9 Å². The van der Waals surface area contributed by atoms with Gasteiger partial charge in [-0.2, -0.15) is 11.8 Å². The summed E-state index contributed by atoms with van der Waals surface area (Å²) in [5.74, 6) is -0.218. The summed E-state index contributed by atoms with van der Waals surface area (Å²) in [6.07, 6.45) is 2.81. The third kappa shape index (κ3) is 10.7. The molecule has 3 atom stereocenters. The van der Waals surface area contributed by atoms with Gasteiger partial charge >= 0.3 is 6.09 Å². The number of carbonyl (C=O) groups excluding carboxylic acids is 4. The number of ether oxygens (including phenoxy) is 1. The molecule has 0 saturated carbocycles. The van der Waals surface area contributed by atoms with Gasteiger partial charge in [-0.15, -0.1) is 0 Å². The van der Waals surface area contributed by atoms with E-state index in [9.17, 15) is 19.2 Å². The van der Waals surface area contributed by atoms with Crippen molar-refractivity contribution in [2.45, 2.75) is 84.5 Å². The second-order valence-electron chi connectivity index (χ2n) is 11.5. The van der Waals surface area contributed by atoms with E-state index in [1.54, 1.807) is 37.4 Å². The maximum atomic E-state index is 13.3. The third-order valence-electron chi connectivity index (χ3n) is 6.68. The molecule has 9 nitrogen and oxygen atoms in total. The van der Waals surface area contributed by atoms with Gasteiger partial charge in [-0.1, -0.05) is 44.2 Å². The summed E-state index contributed by atoms with van der Waals surface area (Å²) in [4.78, 5) is 53.5. The van der Waals surface area contributed by atoms with Crippen LogP contribution in [0, 0.1) is 11.8 Å². The SMILES string of the molecule is CSCC[C@H](NC(=O)OC(C)(C)C)C(=O)N1CCC(C(=O)N[C@@H](C(=O)NC(C)c2ccccc2)C(C)C)CC1. The van der Waals surface area contributed by atoms with Gasteiger partial charge in [0.1, 0.15) is 17.7 Å². The van der Waals surface area contributed by atoms with Crippen LogP contribution in [0.3, 0.4) is 0 Å². The van der Waals surface area contributed by atoms with Crippen LogP contribution in [0.5, 0.6) is 0 Å². The smallest absolute Gasteiger partial charge is 0.408 e. The van der Waals surface area contributed by atoms with Crippen LogP contribution in [-0.2, 0) is 19.1 Å². The number of alkyl carbamates (subject to hydrolysis) is 1. The van der Waals surface area contributed by atoms with E-state index < -0.39 is 23.8 Å². The number of nitrogens with zero attached hydrogens (tertiary/aromatic N) is 1. The van der Waals surface area contributed by atoms with E-state index in [2.05, 4.69) is 16.0 Å². The first-order valence-corrected chi connectivity index (χ1v) is 15.1. The molecule has 10 heteroatoms. The summed E-state index contributed by atoms with van der Waals surface area (Å²) in [7, 11) is 0. The Bertz CT molecular complexity index is 958. The minimum Gasteiger partial charge on any atom is -0.444 e. The molecule has 1 unspecified atom stereocenters. The van der Waals surface area contributed by atoms with Crippen LogP contribution >= 0.6 is 11.8 Å². The van der Waals surface area contributed by atoms with E-state index in [0.717, 1.165) is 5.56 Å². The molecule has 0 aromatic heterocycles. The van der Waals surface area contributed by atoms with E-state index in [1.165, 1.54) is 0 Å². The lowest BCUT2D eigenvalue weighted by Gasteiger charge is -2.35. The monoisotopic (exact) mass is 562 g/mol. The Morgan fingerprint density at radius 3 is 2.15 bits per heavy atom. The van der Waals surface area contributed by atoms with Crippen LogP contribution in [0.15, 0.2) is 30.3 Å². The number of nitrogens with one attached hydrogen (secondary N) is 3. The Balaban J connectivity index is 1.94. The normalized spacial score (nSPS) is 16.7. The zero-order valence-electron chi connectivity index (χ0n) is 24.4. The molecule has 3 N–H and O–H groups in total. The number of piperidine rings is 1. The second kappa shape index (κ2) is 15.1. The van der Waals surface area contributed by atoms with Gasteiger partial charge in [-0.05, 0) is 70.4 Å². The molecule has 4 amide bonds. The molecule has 1 aromatic carbocycles. The lowest BCUT2D eigenvalue weighted by Crippen LogP contribution is -2.54. The average Bonchev–Trinajstić information content (AvgIpc) is 2.88. The van der Waals surface area contributed by atoms with Gasteiger partial charge < -0.3 is 25.6 Å². The van der Waals surface area contributed by atoms with E-state index in [4.69, 9.17) is 4.74 Å². The van der Waals surface area contributed by atoms with Crippen LogP contribution < -0.4 is 16.0 Å². The maximum Gasteiger partial charge on any atom is 0.408 e. The van der Waals surface area contributed by atoms with Crippen molar-refractivity contribution in [1.29, 1.82) is 0 Å². The molecule has 0 radical (unpaired) electrons. The Labute approximate surface area is 237 Å². The van der Waals surface area contributed by atoms with Crippen LogP contribution in [0.2, 0.25) is 0 Å². The van der Waals surface area contributed by atoms with Crippen molar-refractivity contribution >= 4 is 35.6 Å². The lowest BCUT2D eigenvalue weighted by molar-refractivity contribution is -0.138. The third-order valence-corrected chi connectivity index (χ3v) is 7.33. The first-order valence-electron chi connectivity index (χ1n) is 13.7. The zero-order chi connectivity index (χ0) is 29.2. The first kappa shape index (κ1) is 32.5. The van der Waals surface area contributed by atoms with Crippen molar-refractivity contribution in [2.75, 3.05) is 25.1 Å². The molecule has 2 rings (SSSR count). The van der Waals surface area contributed by atoms with Gasteiger partial charge in [0.25, 0.3) is 0 Å². The molecular weight excluding hydrogens is 516 g/mol. The Morgan fingerprint density at radius 2 is 1.62 bits per heavy atom. The maximum absolute atomic E-state index is 13.3. The van der Waals surface area contributed by atoms with Gasteiger partial charge in [0, 0.05) is 19.0 Å². The fraction of sp³-hybridized carbons (Fsp3) is 0.655. The van der Waals surface area contributed by atoms with Crippen LogP contribution in [0.25, 0.3) is 0 Å². The van der Waals surface area contributed by atoms with Crippen molar-refractivity contribution in [3.8, 4) is 0 Å². The molecule has 1 aliphatic rings. The van der Waals surface area contributed by atoms with Crippen LogP contribution in [0.1, 0.15) is 72.4 Å². The number of likely N-dealkylation sites (tertiary alicyclic amines) is 1. The number of hydrogen-bond acceptors (Lipinski definition) is 6. The Morgan fingerprint density at radius 1 is 1.00 bits per heavy atom. The molecule has 0 bridgehead atoms. The van der Waals surface area contributed by atoms with Crippen LogP contribution in [0.4, 0.5) is 4.79 Å². The van der Waals surface area contributed by atoms with Gasteiger partial charge in [-0.25, -0.2) is 4.79 Å². The zero-order valence-corrected chi connectivity index (χ0v) is 25.2. The van der Waals surface area contributed by atoms with Crippen molar-refractivity contribution in [1.82, 2.24) is 20.9 Å². The predicted octanol–water partition coefficient (Wildman–Crippen LogP) is 3.89. The highest BCUT2D eigenvalue weighted by Gasteiger charge is 2.34. The Hall–Kier alpha value is -2.75. The van der Waals surface area contributed by atoms with E-state index >= 15 is 0 Å². The van der Waals surface area contributed by atoms with Gasteiger partial charge in [0.15, 0.2) is 0 Å². The predicted molar refractivity (Wildman–Crippen MR) is 155 cm³/mol. The molecule has 39 heavy (non-hydrogen) atoms. The van der Waals surface area contributed by atoms with E-state index in [1.807, 2.05) is 57.4 Å². The second-order valence-corrected chi connectivity index (χ2v) is 12.4. The Kier molecular flexibility index (Phi) is 12.6. The molecule has 1 heterocycles. The first-order chi connectivity index (χ1) is 18.3. The highest BCUT2D eigenvalue weighted by Crippen LogP contribution is 2.20. The summed E-state index contributed by atoms with van der Waals surface area (Å²) in [5, 5.41) is 8.70. The summed E-state index contributed by atoms with van der Waals surface area (Å²) in [5.41, 5.74) is 0.335. The minimum absolute atomic E-state index is 0.0882. The van der Waals surface area contributed by atoms with E-state index in [0.29, 0.717) is 38.1 Å². The molecule has 1 fully saturated rings. The molecule has 0 aliphatic carbocycles. The van der Waals surface area contributed by atoms with Crippen molar-refractivity contribution in [2.24, 2.45) is 11.8 Å². The summed E-state index contributed by atoms with van der Waals surface area (Å²) >= 11 is 1.60. The quantitative estimate of drug-likeness (QED) is 0.377. The molecular formula is C29H46N4O5S. The van der Waals surface area contributed by atoms with Crippen molar-refractivity contribution in [3.05, 3.63) is 35.9 Å². The van der Waals surface area contributed by atoms with Crippen LogP contribution in [-0.4, -0.2) is 71.5 Å². The molecule has 218 valence electrons. The molecule has 0 spiro atoms. The van der Waals surface area contributed by atoms with Gasteiger partial charge in [0.05, 0.1) is 6.04 Å². The molecule has 1 saturated heterocycles. The number of rotatable bonds is 11.